The van der Waals surface area contributed by atoms with Gasteiger partial charge in [0.25, 0.3) is 6.43 Å². The van der Waals surface area contributed by atoms with Crippen molar-refractivity contribution in [1.29, 1.82) is 0 Å². The maximum atomic E-state index is 12.4. The Morgan fingerprint density at radius 1 is 1.57 bits per heavy atom. The van der Waals surface area contributed by atoms with Crippen molar-refractivity contribution in [1.82, 2.24) is 10.2 Å². The summed E-state index contributed by atoms with van der Waals surface area (Å²) in [5.74, 6) is 0. The van der Waals surface area contributed by atoms with Gasteiger partial charge in [0, 0.05) is 24.7 Å². The zero-order valence-corrected chi connectivity index (χ0v) is 9.19. The molecule has 84 valence electrons. The average molecular weight is 206 g/mol. The van der Waals surface area contributed by atoms with Gasteiger partial charge in [0.05, 0.1) is 6.54 Å². The highest BCUT2D eigenvalue weighted by molar-refractivity contribution is 4.94. The molecule has 1 saturated heterocycles. The lowest BCUT2D eigenvalue weighted by atomic mass is 9.92. The lowest BCUT2D eigenvalue weighted by molar-refractivity contribution is -0.00120. The standard InChI is InChI=1S/C10H20F2N2/c1-4-10(3)7-13-8(2)5-14(10)6-9(11)12/h8-9,13H,4-7H2,1-3H3. The molecule has 0 saturated carbocycles. The van der Waals surface area contributed by atoms with Gasteiger partial charge in [-0.1, -0.05) is 6.92 Å². The van der Waals surface area contributed by atoms with Gasteiger partial charge in [-0.25, -0.2) is 8.78 Å². The highest BCUT2D eigenvalue weighted by Crippen LogP contribution is 2.23. The van der Waals surface area contributed by atoms with E-state index in [0.29, 0.717) is 12.6 Å². The molecule has 1 fully saturated rings. The molecule has 14 heavy (non-hydrogen) atoms. The fourth-order valence-corrected chi connectivity index (χ4v) is 1.93. The van der Waals surface area contributed by atoms with Crippen molar-refractivity contribution in [3.05, 3.63) is 0 Å². The van der Waals surface area contributed by atoms with E-state index in [-0.39, 0.29) is 12.1 Å². The van der Waals surface area contributed by atoms with Gasteiger partial charge in [0.1, 0.15) is 0 Å². The Labute approximate surface area is 84.7 Å². The topological polar surface area (TPSA) is 15.3 Å². The summed E-state index contributed by atoms with van der Waals surface area (Å²) in [6, 6.07) is 0.313. The summed E-state index contributed by atoms with van der Waals surface area (Å²) in [4.78, 5) is 1.92. The second kappa shape index (κ2) is 4.53. The minimum atomic E-state index is -2.23. The molecule has 1 heterocycles. The Morgan fingerprint density at radius 3 is 2.71 bits per heavy atom. The molecule has 1 aliphatic rings. The second-order valence-corrected chi connectivity index (χ2v) is 4.43. The molecule has 0 bridgehead atoms. The Bertz CT molecular complexity index is 185. The summed E-state index contributed by atoms with van der Waals surface area (Å²) in [5, 5.41) is 3.34. The van der Waals surface area contributed by atoms with Crippen LogP contribution in [0.4, 0.5) is 8.78 Å². The van der Waals surface area contributed by atoms with Gasteiger partial charge in [-0.2, -0.15) is 0 Å². The molecule has 2 unspecified atom stereocenters. The van der Waals surface area contributed by atoms with Crippen LogP contribution in [0.3, 0.4) is 0 Å². The van der Waals surface area contributed by atoms with Gasteiger partial charge in [-0.05, 0) is 20.3 Å². The normalized spacial score (nSPS) is 35.1. The fourth-order valence-electron chi connectivity index (χ4n) is 1.93. The Kier molecular flexibility index (Phi) is 3.84. The minimum absolute atomic E-state index is 0.101. The van der Waals surface area contributed by atoms with Crippen LogP contribution in [0.15, 0.2) is 0 Å². The number of hydrogen-bond acceptors (Lipinski definition) is 2. The first-order valence-corrected chi connectivity index (χ1v) is 5.24. The summed E-state index contributed by atoms with van der Waals surface area (Å²) in [6.07, 6.45) is -1.33. The average Bonchev–Trinajstić information content (AvgIpc) is 2.11. The van der Waals surface area contributed by atoms with Crippen LogP contribution in [-0.4, -0.2) is 42.5 Å². The van der Waals surface area contributed by atoms with Crippen LogP contribution in [-0.2, 0) is 0 Å². The molecule has 0 radical (unpaired) electrons. The van der Waals surface area contributed by atoms with Crippen molar-refractivity contribution in [2.24, 2.45) is 0 Å². The van der Waals surface area contributed by atoms with Crippen molar-refractivity contribution in [2.75, 3.05) is 19.6 Å². The molecule has 2 nitrogen and oxygen atoms in total. The summed E-state index contributed by atoms with van der Waals surface area (Å²) in [7, 11) is 0. The van der Waals surface area contributed by atoms with Crippen LogP contribution in [0.5, 0.6) is 0 Å². The smallest absolute Gasteiger partial charge is 0.251 e. The largest absolute Gasteiger partial charge is 0.311 e. The van der Waals surface area contributed by atoms with E-state index in [1.54, 1.807) is 0 Å². The third-order valence-corrected chi connectivity index (χ3v) is 3.21. The Hall–Kier alpha value is -0.220. The van der Waals surface area contributed by atoms with Gasteiger partial charge in [0.2, 0.25) is 0 Å². The zero-order valence-electron chi connectivity index (χ0n) is 9.19. The molecule has 0 spiro atoms. The van der Waals surface area contributed by atoms with Crippen LogP contribution in [0.2, 0.25) is 0 Å². The predicted octanol–water partition coefficient (Wildman–Crippen LogP) is 1.71. The van der Waals surface area contributed by atoms with E-state index >= 15 is 0 Å². The van der Waals surface area contributed by atoms with E-state index in [0.717, 1.165) is 13.0 Å². The number of hydrogen-bond donors (Lipinski definition) is 1. The lowest BCUT2D eigenvalue weighted by Crippen LogP contribution is -2.63. The highest BCUT2D eigenvalue weighted by Gasteiger charge is 2.36. The number of nitrogens with one attached hydrogen (secondary N) is 1. The molecule has 0 aromatic carbocycles. The maximum Gasteiger partial charge on any atom is 0.251 e. The van der Waals surface area contributed by atoms with Crippen molar-refractivity contribution in [3.63, 3.8) is 0 Å². The molecule has 0 aromatic heterocycles. The highest BCUT2D eigenvalue weighted by atomic mass is 19.3. The minimum Gasteiger partial charge on any atom is -0.311 e. The second-order valence-electron chi connectivity index (χ2n) is 4.43. The van der Waals surface area contributed by atoms with Crippen LogP contribution in [0.1, 0.15) is 27.2 Å². The van der Waals surface area contributed by atoms with Crippen LogP contribution < -0.4 is 5.32 Å². The first-order chi connectivity index (χ1) is 6.48. The van der Waals surface area contributed by atoms with Crippen molar-refractivity contribution < 1.29 is 8.78 Å². The van der Waals surface area contributed by atoms with Gasteiger partial charge in [-0.3, -0.25) is 4.90 Å². The summed E-state index contributed by atoms with van der Waals surface area (Å²) < 4.78 is 24.7. The van der Waals surface area contributed by atoms with E-state index in [1.807, 2.05) is 18.7 Å². The summed E-state index contributed by atoms with van der Waals surface area (Å²) >= 11 is 0. The number of rotatable bonds is 3. The van der Waals surface area contributed by atoms with E-state index < -0.39 is 6.43 Å². The van der Waals surface area contributed by atoms with Gasteiger partial charge < -0.3 is 5.32 Å². The number of alkyl halides is 2. The van der Waals surface area contributed by atoms with Crippen LogP contribution >= 0.6 is 0 Å². The molecular formula is C10H20F2N2. The van der Waals surface area contributed by atoms with E-state index in [9.17, 15) is 8.78 Å². The molecule has 2 atom stereocenters. The third-order valence-electron chi connectivity index (χ3n) is 3.21. The first kappa shape index (κ1) is 11.9. The fraction of sp³-hybridized carbons (Fsp3) is 1.00. The molecule has 0 amide bonds. The lowest BCUT2D eigenvalue weighted by Gasteiger charge is -2.47. The number of halogens is 2. The Balaban J connectivity index is 2.63. The molecule has 1 N–H and O–H groups in total. The van der Waals surface area contributed by atoms with Gasteiger partial charge in [0.15, 0.2) is 0 Å². The quantitative estimate of drug-likeness (QED) is 0.756. The third kappa shape index (κ3) is 2.64. The number of nitrogens with zero attached hydrogens (tertiary/aromatic N) is 1. The van der Waals surface area contributed by atoms with Crippen LogP contribution in [0, 0.1) is 0 Å². The molecular weight excluding hydrogens is 186 g/mol. The summed E-state index contributed by atoms with van der Waals surface area (Å²) in [5.41, 5.74) is -0.108. The molecule has 0 aromatic rings. The first-order valence-electron chi connectivity index (χ1n) is 5.24. The molecule has 1 aliphatic heterocycles. The maximum absolute atomic E-state index is 12.4. The van der Waals surface area contributed by atoms with Gasteiger partial charge in [-0.15, -0.1) is 0 Å². The molecule has 1 rings (SSSR count). The molecule has 4 heteroatoms. The van der Waals surface area contributed by atoms with Gasteiger partial charge >= 0.3 is 0 Å². The van der Waals surface area contributed by atoms with E-state index in [2.05, 4.69) is 12.2 Å². The Morgan fingerprint density at radius 2 is 2.21 bits per heavy atom. The van der Waals surface area contributed by atoms with Crippen molar-refractivity contribution in [2.45, 2.75) is 45.2 Å². The molecule has 0 aliphatic carbocycles. The summed E-state index contributed by atoms with van der Waals surface area (Å²) in [6.45, 7) is 7.56. The number of piperazine rings is 1. The monoisotopic (exact) mass is 206 g/mol. The zero-order chi connectivity index (χ0) is 10.8. The van der Waals surface area contributed by atoms with Crippen LogP contribution in [0.25, 0.3) is 0 Å². The van der Waals surface area contributed by atoms with E-state index in [4.69, 9.17) is 0 Å². The van der Waals surface area contributed by atoms with Crippen molar-refractivity contribution in [3.8, 4) is 0 Å². The van der Waals surface area contributed by atoms with Crippen molar-refractivity contribution >= 4 is 0 Å². The SMILES string of the molecule is CCC1(C)CNC(C)CN1CC(F)F. The van der Waals surface area contributed by atoms with E-state index in [1.165, 1.54) is 0 Å². The predicted molar refractivity (Wildman–Crippen MR) is 53.7 cm³/mol.